The van der Waals surface area contributed by atoms with Crippen LogP contribution in [0.5, 0.6) is 11.5 Å². The lowest BCUT2D eigenvalue weighted by Crippen LogP contribution is -2.43. The van der Waals surface area contributed by atoms with Gasteiger partial charge in [-0.05, 0) is 93.3 Å². The second-order valence-corrected chi connectivity index (χ2v) is 18.3. The first-order valence-electron chi connectivity index (χ1n) is 20.5. The zero-order valence-electron chi connectivity index (χ0n) is 37.7. The number of ether oxygens (including phenoxy) is 3. The van der Waals surface area contributed by atoms with Gasteiger partial charge in [-0.1, -0.05) is 48.3 Å². The number of anilines is 1. The van der Waals surface area contributed by atoms with Crippen LogP contribution in [0.3, 0.4) is 0 Å². The van der Waals surface area contributed by atoms with E-state index in [4.69, 9.17) is 54.1 Å². The molecule has 1 unspecified atom stereocenters. The lowest BCUT2D eigenvalue weighted by atomic mass is 9.81. The van der Waals surface area contributed by atoms with Crippen LogP contribution in [0, 0.1) is 23.0 Å². The summed E-state index contributed by atoms with van der Waals surface area (Å²) in [4.78, 5) is 82.7. The van der Waals surface area contributed by atoms with E-state index in [1.165, 1.54) is 12.1 Å². The van der Waals surface area contributed by atoms with Crippen molar-refractivity contribution < 1.29 is 74.6 Å². The fraction of sp³-hybridized carbons (Fsp3) is 0.348. The molecule has 1 saturated carbocycles. The second-order valence-electron chi connectivity index (χ2n) is 15.2. The maximum atomic E-state index is 12.7. The number of sulfone groups is 1. The first kappa shape index (κ1) is 57.4. The number of hydrogen-bond acceptors (Lipinski definition) is 13. The molecule has 69 heavy (non-hydrogen) atoms. The van der Waals surface area contributed by atoms with Gasteiger partial charge in [0, 0.05) is 32.3 Å². The molecular formula is C46H46Cl3F3N2O14S. The summed E-state index contributed by atoms with van der Waals surface area (Å²) in [6.07, 6.45) is -3.71. The Bertz CT molecular complexity index is 2700. The number of carboxylic acid groups (broad SMARTS) is 1. The minimum absolute atomic E-state index is 0.0223. The zero-order valence-corrected chi connectivity index (χ0v) is 40.8. The highest BCUT2D eigenvalue weighted by molar-refractivity contribution is 7.90. The van der Waals surface area contributed by atoms with Gasteiger partial charge in [0.05, 0.1) is 54.9 Å². The number of methoxy groups -OCH3 is 1. The van der Waals surface area contributed by atoms with Gasteiger partial charge < -0.3 is 24.2 Å². The highest BCUT2D eigenvalue weighted by atomic mass is 35.5. The van der Waals surface area contributed by atoms with Gasteiger partial charge >= 0.3 is 18.1 Å². The predicted molar refractivity (Wildman–Crippen MR) is 248 cm³/mol. The number of ketones is 3. The number of aliphatic carboxylic acids is 1. The number of nitrogens with zero attached hydrogens (tertiary/aromatic N) is 2. The molecule has 23 heteroatoms. The van der Waals surface area contributed by atoms with E-state index in [1.54, 1.807) is 12.0 Å². The molecule has 0 saturated heterocycles. The summed E-state index contributed by atoms with van der Waals surface area (Å²) in [7, 11) is -2.06. The molecule has 1 fully saturated rings. The molecule has 2 atom stereocenters. The Kier molecular flexibility index (Phi) is 20.9. The van der Waals surface area contributed by atoms with Gasteiger partial charge in [-0.15, -0.1) is 11.6 Å². The third-order valence-electron chi connectivity index (χ3n) is 10.1. The van der Waals surface area contributed by atoms with E-state index in [2.05, 4.69) is 13.0 Å². The van der Waals surface area contributed by atoms with E-state index < -0.39 is 79.1 Å². The van der Waals surface area contributed by atoms with Gasteiger partial charge in [-0.25, -0.2) is 18.0 Å². The molecule has 1 aliphatic carbocycles. The van der Waals surface area contributed by atoms with Crippen LogP contribution in [0.4, 0.5) is 24.5 Å². The number of nitro groups is 1. The predicted octanol–water partition coefficient (Wildman–Crippen LogP) is 9.72. The number of carbonyl (C=O) groups is 6. The van der Waals surface area contributed by atoms with Crippen LogP contribution >= 0.6 is 34.8 Å². The summed E-state index contributed by atoms with van der Waals surface area (Å²) in [5.41, 5.74) is 0.927. The van der Waals surface area contributed by atoms with E-state index in [0.29, 0.717) is 19.1 Å². The smallest absolute Gasteiger partial charge is 0.416 e. The van der Waals surface area contributed by atoms with Crippen molar-refractivity contribution in [1.29, 1.82) is 0 Å². The van der Waals surface area contributed by atoms with Gasteiger partial charge in [0.25, 0.3) is 5.69 Å². The third kappa shape index (κ3) is 15.5. The van der Waals surface area contributed by atoms with Crippen LogP contribution in [0.25, 0.3) is 0 Å². The molecule has 4 aromatic carbocycles. The number of benzene rings is 4. The Hall–Kier alpha value is -5.93. The van der Waals surface area contributed by atoms with Crippen LogP contribution in [-0.4, -0.2) is 91.6 Å². The molecule has 372 valence electrons. The van der Waals surface area contributed by atoms with Crippen LogP contribution in [0.2, 0.25) is 10.0 Å². The molecule has 0 radical (unpaired) electrons. The molecular weight excluding hydrogens is 1000 g/mol. The number of esters is 1. The fourth-order valence-corrected chi connectivity index (χ4v) is 7.84. The maximum Gasteiger partial charge on any atom is 0.416 e. The number of nitro benzene ring substituents is 1. The van der Waals surface area contributed by atoms with E-state index in [-0.39, 0.29) is 62.7 Å². The summed E-state index contributed by atoms with van der Waals surface area (Å²) in [5.74, 6) is -6.11. The van der Waals surface area contributed by atoms with Crippen molar-refractivity contribution in [3.8, 4) is 11.5 Å². The Morgan fingerprint density at radius 3 is 2.10 bits per heavy atom. The average Bonchev–Trinajstić information content (AvgIpc) is 3.27. The monoisotopic (exact) mass is 1040 g/mol. The average molecular weight is 1050 g/mol. The second kappa shape index (κ2) is 25.1. The molecule has 16 nitrogen and oxygen atoms in total. The molecule has 0 aliphatic heterocycles. The van der Waals surface area contributed by atoms with Crippen LogP contribution in [-0.2, 0) is 51.1 Å². The number of Topliss-reactive ketones (excluding diaryl/α,β-unsaturated/α-hetero) is 3. The third-order valence-corrected chi connectivity index (χ3v) is 12.0. The first-order chi connectivity index (χ1) is 32.2. The topological polar surface area (TPSA) is 231 Å². The number of amides is 1. The summed E-state index contributed by atoms with van der Waals surface area (Å²) < 4.78 is 76.3. The summed E-state index contributed by atoms with van der Waals surface area (Å²) in [6.45, 7) is 7.72. The molecule has 1 aliphatic rings. The number of rotatable bonds is 15. The summed E-state index contributed by atoms with van der Waals surface area (Å²) >= 11 is 17.5. The SMILES string of the molecule is CCc1cccc(C)c1N(C(=O)CCl)C(C)COC.CS(=O)(=O)c1ccc(C(=O)C2C(=O)CCCC2=O)c([N+](=O)[O-])c1.C[C@H](OC(=O)c1cc(Oc2ccc(C(F)(F)F)cc2Cl)ccc1Cl)C(=O)O. The first-order valence-corrected chi connectivity index (χ1v) is 23.7. The lowest BCUT2D eigenvalue weighted by Gasteiger charge is -2.31. The number of hydrogen-bond donors (Lipinski definition) is 1. The van der Waals surface area contributed by atoms with E-state index in [9.17, 15) is 60.5 Å². The van der Waals surface area contributed by atoms with Crippen molar-refractivity contribution in [1.82, 2.24) is 0 Å². The Balaban J connectivity index is 0.000000278. The molecule has 4 aromatic rings. The van der Waals surface area contributed by atoms with E-state index in [0.717, 1.165) is 72.8 Å². The summed E-state index contributed by atoms with van der Waals surface area (Å²) in [5, 5.41) is 19.6. The highest BCUT2D eigenvalue weighted by Gasteiger charge is 2.39. The van der Waals surface area contributed by atoms with Gasteiger partial charge in [-0.3, -0.25) is 29.3 Å². The van der Waals surface area contributed by atoms with Gasteiger partial charge in [0.15, 0.2) is 33.3 Å². The van der Waals surface area contributed by atoms with E-state index >= 15 is 0 Å². The Morgan fingerprint density at radius 2 is 1.58 bits per heavy atom. The molecule has 1 N–H and O–H groups in total. The fourth-order valence-electron chi connectivity index (χ4n) is 6.66. The molecule has 0 heterocycles. The lowest BCUT2D eigenvalue weighted by molar-refractivity contribution is -0.385. The minimum atomic E-state index is -4.56. The minimum Gasteiger partial charge on any atom is -0.479 e. The maximum absolute atomic E-state index is 12.7. The normalized spacial score (nSPS) is 13.7. The van der Waals surface area contributed by atoms with Crippen molar-refractivity contribution in [2.24, 2.45) is 5.92 Å². The van der Waals surface area contributed by atoms with Gasteiger partial charge in [-0.2, -0.15) is 13.2 Å². The molecule has 0 aromatic heterocycles. The van der Waals surface area contributed by atoms with Gasteiger partial charge in [0.2, 0.25) is 5.91 Å². The van der Waals surface area contributed by atoms with E-state index in [1.807, 2.05) is 26.0 Å². The molecule has 0 spiro atoms. The number of para-hydroxylation sites is 1. The van der Waals surface area contributed by atoms with Crippen molar-refractivity contribution in [3.05, 3.63) is 121 Å². The highest BCUT2D eigenvalue weighted by Crippen LogP contribution is 2.37. The molecule has 1 amide bonds. The Morgan fingerprint density at radius 1 is 0.942 bits per heavy atom. The van der Waals surface area contributed by atoms with Crippen LogP contribution in [0.1, 0.15) is 77.4 Å². The summed E-state index contributed by atoms with van der Waals surface area (Å²) in [6, 6.07) is 15.2. The number of alkyl halides is 4. The number of carboxylic acids is 1. The zero-order chi connectivity index (χ0) is 52.1. The number of aryl methyl sites for hydroxylation is 2. The van der Waals surface area contributed by atoms with Crippen molar-refractivity contribution >= 4 is 91.2 Å². The quantitative estimate of drug-likeness (QED) is 0.0292. The number of carbonyl (C=O) groups excluding carboxylic acids is 5. The standard InChI is InChI=1S/C17H11Cl2F3O5.C15H22ClNO2.C14H13NO7S/c1-8(15(23)24)26-16(25)11-7-10(3-4-12(11)18)27-14-5-2-9(6-13(14)19)17(20,21)22;1-5-13-8-6-7-11(2)15(13)17(14(18)9-16)12(3)10-19-4;1-23(21,22)8-5-6-9(10(7-8)15(19)20)14(18)13-11(16)3-2-4-12(13)17/h2-8H,1H3,(H,23,24);6-8,12H,5,9-10H2,1-4H3;5-7,13H,2-4H2,1H3/t8-;;/m0../s1. The van der Waals surface area contributed by atoms with Crippen molar-refractivity contribution in [2.75, 3.05) is 30.8 Å². The van der Waals surface area contributed by atoms with Crippen molar-refractivity contribution in [2.45, 2.75) is 76.6 Å². The van der Waals surface area contributed by atoms with Crippen LogP contribution < -0.4 is 9.64 Å². The van der Waals surface area contributed by atoms with Gasteiger partial charge in [0.1, 0.15) is 23.3 Å². The largest absolute Gasteiger partial charge is 0.479 e. The molecule has 5 rings (SSSR count). The van der Waals surface area contributed by atoms with Crippen molar-refractivity contribution in [3.63, 3.8) is 0 Å². The number of halogens is 6. The van der Waals surface area contributed by atoms with Crippen LogP contribution in [0.15, 0.2) is 77.7 Å². The Labute approximate surface area is 409 Å². The molecule has 0 bridgehead atoms.